The lowest BCUT2D eigenvalue weighted by Crippen LogP contribution is -2.27. The van der Waals surface area contributed by atoms with E-state index < -0.39 is 0 Å². The minimum absolute atomic E-state index is 0.0294. The molecule has 0 aromatic carbocycles. The number of carbonyl (C=O) groups excluding carboxylic acids is 1. The quantitative estimate of drug-likeness (QED) is 0.859. The third-order valence-corrected chi connectivity index (χ3v) is 4.13. The van der Waals surface area contributed by atoms with Gasteiger partial charge in [-0.15, -0.1) is 11.3 Å². The average molecular weight is 292 g/mol. The second-order valence-electron chi connectivity index (χ2n) is 4.33. The van der Waals surface area contributed by atoms with E-state index in [0.717, 1.165) is 22.0 Å². The van der Waals surface area contributed by atoms with Crippen LogP contribution in [0.15, 0.2) is 17.3 Å². The number of rotatable bonds is 5. The summed E-state index contributed by atoms with van der Waals surface area (Å²) in [6.45, 7) is 4.43. The largest absolute Gasteiger partial charge is 0.351 e. The van der Waals surface area contributed by atoms with Crippen molar-refractivity contribution in [2.75, 3.05) is 0 Å². The molecule has 0 bridgehead atoms. The summed E-state index contributed by atoms with van der Waals surface area (Å²) < 4.78 is 0. The molecule has 2 aromatic rings. The van der Waals surface area contributed by atoms with E-state index in [1.54, 1.807) is 11.3 Å². The Morgan fingerprint density at radius 2 is 2.30 bits per heavy atom. The summed E-state index contributed by atoms with van der Waals surface area (Å²) in [5, 5.41) is 3.87. The number of aromatic amines is 1. The first-order valence-corrected chi connectivity index (χ1v) is 7.15. The molecule has 0 aliphatic carbocycles. The third-order valence-electron chi connectivity index (χ3n) is 2.83. The molecule has 0 unspecified atom stereocenters. The van der Waals surface area contributed by atoms with E-state index in [1.165, 1.54) is 12.5 Å². The SMILES string of the molecule is CCc1nc(C)c(CNC(=O)Cc2cnc[nH]c2=O)s1. The minimum Gasteiger partial charge on any atom is -0.351 e. The van der Waals surface area contributed by atoms with Crippen molar-refractivity contribution in [2.24, 2.45) is 0 Å². The van der Waals surface area contributed by atoms with Crippen LogP contribution < -0.4 is 10.9 Å². The molecule has 2 N–H and O–H groups in total. The Morgan fingerprint density at radius 1 is 1.50 bits per heavy atom. The molecule has 0 aliphatic heterocycles. The molecule has 0 saturated carbocycles. The second-order valence-corrected chi connectivity index (χ2v) is 5.50. The van der Waals surface area contributed by atoms with E-state index in [9.17, 15) is 9.59 Å². The van der Waals surface area contributed by atoms with E-state index >= 15 is 0 Å². The normalized spacial score (nSPS) is 10.5. The van der Waals surface area contributed by atoms with Gasteiger partial charge in [0.05, 0.1) is 30.0 Å². The molecule has 0 fully saturated rings. The summed E-state index contributed by atoms with van der Waals surface area (Å²) in [5.41, 5.74) is 1.03. The lowest BCUT2D eigenvalue weighted by molar-refractivity contribution is -0.120. The maximum Gasteiger partial charge on any atom is 0.254 e. The Hall–Kier alpha value is -2.02. The van der Waals surface area contributed by atoms with Crippen molar-refractivity contribution in [3.8, 4) is 0 Å². The van der Waals surface area contributed by atoms with E-state index in [0.29, 0.717) is 12.1 Å². The first kappa shape index (κ1) is 14.4. The minimum atomic E-state index is -0.280. The molecular weight excluding hydrogens is 276 g/mol. The Bertz CT molecular complexity index is 662. The zero-order valence-electron chi connectivity index (χ0n) is 11.4. The second kappa shape index (κ2) is 6.42. The summed E-state index contributed by atoms with van der Waals surface area (Å²) in [5.74, 6) is -0.200. The number of hydrogen-bond acceptors (Lipinski definition) is 5. The average Bonchev–Trinajstić information content (AvgIpc) is 2.80. The number of thiazole rings is 1. The van der Waals surface area contributed by atoms with Crippen LogP contribution in [0.2, 0.25) is 0 Å². The highest BCUT2D eigenvalue weighted by Crippen LogP contribution is 2.18. The number of nitrogens with one attached hydrogen (secondary N) is 2. The summed E-state index contributed by atoms with van der Waals surface area (Å²) >= 11 is 1.60. The van der Waals surface area contributed by atoms with Gasteiger partial charge in [0.25, 0.3) is 5.56 Å². The highest BCUT2D eigenvalue weighted by molar-refractivity contribution is 7.11. The first-order chi connectivity index (χ1) is 9.60. The van der Waals surface area contributed by atoms with Crippen molar-refractivity contribution in [1.29, 1.82) is 0 Å². The molecule has 0 spiro atoms. The van der Waals surface area contributed by atoms with Gasteiger partial charge >= 0.3 is 0 Å². The van der Waals surface area contributed by atoms with Crippen LogP contribution in [-0.2, 0) is 24.2 Å². The molecule has 6 nitrogen and oxygen atoms in total. The fourth-order valence-corrected chi connectivity index (χ4v) is 2.67. The molecule has 2 rings (SSSR count). The monoisotopic (exact) mass is 292 g/mol. The highest BCUT2D eigenvalue weighted by atomic mass is 32.1. The van der Waals surface area contributed by atoms with Crippen molar-refractivity contribution < 1.29 is 4.79 Å². The number of aromatic nitrogens is 3. The van der Waals surface area contributed by atoms with Gasteiger partial charge in [0.1, 0.15) is 0 Å². The van der Waals surface area contributed by atoms with E-state index in [1.807, 2.05) is 6.92 Å². The zero-order chi connectivity index (χ0) is 14.5. The molecule has 0 aliphatic rings. The Morgan fingerprint density at radius 3 is 2.95 bits per heavy atom. The summed E-state index contributed by atoms with van der Waals surface area (Å²) in [4.78, 5) is 35.0. The Labute approximate surface area is 120 Å². The Kier molecular flexibility index (Phi) is 4.62. The molecule has 0 atom stereocenters. The molecule has 2 heterocycles. The van der Waals surface area contributed by atoms with Crippen molar-refractivity contribution in [1.82, 2.24) is 20.3 Å². The molecule has 20 heavy (non-hydrogen) atoms. The van der Waals surface area contributed by atoms with Crippen LogP contribution in [0.4, 0.5) is 0 Å². The van der Waals surface area contributed by atoms with Crippen molar-refractivity contribution >= 4 is 17.2 Å². The van der Waals surface area contributed by atoms with Gasteiger partial charge in [-0.3, -0.25) is 9.59 Å². The standard InChI is InChI=1S/C13H16N4O2S/c1-3-12-17-8(2)10(20-12)6-15-11(18)4-9-5-14-7-16-13(9)19/h5,7H,3-4,6H2,1-2H3,(H,15,18)(H,14,16,19). The molecule has 106 valence electrons. The van der Waals surface area contributed by atoms with Crippen LogP contribution in [0.1, 0.15) is 28.1 Å². The van der Waals surface area contributed by atoms with E-state index in [-0.39, 0.29) is 17.9 Å². The zero-order valence-corrected chi connectivity index (χ0v) is 12.2. The molecule has 2 aromatic heterocycles. The number of hydrogen-bond donors (Lipinski definition) is 2. The van der Waals surface area contributed by atoms with Gasteiger partial charge in [-0.05, 0) is 13.3 Å². The first-order valence-electron chi connectivity index (χ1n) is 6.33. The third kappa shape index (κ3) is 3.51. The van der Waals surface area contributed by atoms with Crippen LogP contribution in [0.3, 0.4) is 0 Å². The van der Waals surface area contributed by atoms with Crippen LogP contribution >= 0.6 is 11.3 Å². The lowest BCUT2D eigenvalue weighted by Gasteiger charge is -2.03. The summed E-state index contributed by atoms with van der Waals surface area (Å²) in [6.07, 6.45) is 3.63. The van der Waals surface area contributed by atoms with Gasteiger partial charge in [-0.1, -0.05) is 6.92 Å². The molecule has 1 amide bonds. The van der Waals surface area contributed by atoms with Crippen molar-refractivity contribution in [3.05, 3.63) is 44.0 Å². The van der Waals surface area contributed by atoms with Crippen LogP contribution in [0.25, 0.3) is 0 Å². The molecule has 7 heteroatoms. The topological polar surface area (TPSA) is 87.7 Å². The summed E-state index contributed by atoms with van der Waals surface area (Å²) in [7, 11) is 0. The smallest absolute Gasteiger partial charge is 0.254 e. The van der Waals surface area contributed by atoms with Crippen LogP contribution in [-0.4, -0.2) is 20.9 Å². The van der Waals surface area contributed by atoms with Crippen molar-refractivity contribution in [2.45, 2.75) is 33.2 Å². The number of carbonyl (C=O) groups is 1. The lowest BCUT2D eigenvalue weighted by atomic mass is 10.2. The van der Waals surface area contributed by atoms with E-state index in [4.69, 9.17) is 0 Å². The van der Waals surface area contributed by atoms with Gasteiger partial charge < -0.3 is 10.3 Å². The maximum absolute atomic E-state index is 11.8. The molecular formula is C13H16N4O2S. The predicted octanol–water partition coefficient (Wildman–Crippen LogP) is 0.956. The highest BCUT2D eigenvalue weighted by Gasteiger charge is 2.10. The van der Waals surface area contributed by atoms with Gasteiger partial charge in [0.2, 0.25) is 5.91 Å². The number of amides is 1. The number of H-pyrrole nitrogens is 1. The summed E-state index contributed by atoms with van der Waals surface area (Å²) in [6, 6.07) is 0. The number of aryl methyl sites for hydroxylation is 2. The maximum atomic E-state index is 11.8. The van der Waals surface area contributed by atoms with E-state index in [2.05, 4.69) is 27.2 Å². The van der Waals surface area contributed by atoms with Crippen LogP contribution in [0, 0.1) is 6.92 Å². The Balaban J connectivity index is 1.94. The van der Waals surface area contributed by atoms with Gasteiger partial charge in [-0.25, -0.2) is 9.97 Å². The fraction of sp³-hybridized carbons (Fsp3) is 0.385. The van der Waals surface area contributed by atoms with Crippen LogP contribution in [0.5, 0.6) is 0 Å². The van der Waals surface area contributed by atoms with Gasteiger partial charge in [0, 0.05) is 16.6 Å². The van der Waals surface area contributed by atoms with Gasteiger partial charge in [-0.2, -0.15) is 0 Å². The molecule has 0 saturated heterocycles. The van der Waals surface area contributed by atoms with Crippen molar-refractivity contribution in [3.63, 3.8) is 0 Å². The number of nitrogens with zero attached hydrogens (tertiary/aromatic N) is 2. The predicted molar refractivity (Wildman–Crippen MR) is 76.6 cm³/mol. The fourth-order valence-electron chi connectivity index (χ4n) is 1.72. The molecule has 0 radical (unpaired) electrons. The van der Waals surface area contributed by atoms with Gasteiger partial charge in [0.15, 0.2) is 0 Å².